The molecule has 1 amide bonds. The Balaban J connectivity index is 2.19. The van der Waals surface area contributed by atoms with Crippen LogP contribution in [0.2, 0.25) is 0 Å². The number of likely N-dealkylation sites (tertiary alicyclic amines) is 1. The molecule has 218 valence electrons. The summed E-state index contributed by atoms with van der Waals surface area (Å²) < 4.78 is 22.4. The van der Waals surface area contributed by atoms with E-state index in [4.69, 9.17) is 18.9 Å². The zero-order valence-corrected chi connectivity index (χ0v) is 24.9. The van der Waals surface area contributed by atoms with Gasteiger partial charge in [0.2, 0.25) is 5.75 Å². The molecule has 1 saturated heterocycles. The third kappa shape index (κ3) is 6.36. The zero-order valence-electron chi connectivity index (χ0n) is 24.9. The Kier molecular flexibility index (Phi) is 10.5. The first-order valence-electron chi connectivity index (χ1n) is 13.7. The van der Waals surface area contributed by atoms with Crippen LogP contribution in [-0.4, -0.2) is 80.7 Å². The summed E-state index contributed by atoms with van der Waals surface area (Å²) in [5, 5.41) is 11.6. The number of ketones is 1. The van der Waals surface area contributed by atoms with Crippen molar-refractivity contribution in [2.45, 2.75) is 40.7 Å². The van der Waals surface area contributed by atoms with Crippen LogP contribution in [0.4, 0.5) is 0 Å². The molecule has 1 atom stereocenters. The van der Waals surface area contributed by atoms with E-state index in [1.807, 2.05) is 26.8 Å². The van der Waals surface area contributed by atoms with Crippen molar-refractivity contribution in [2.75, 3.05) is 54.1 Å². The molecule has 9 heteroatoms. The number of methoxy groups -OCH3 is 3. The Hall–Kier alpha value is -3.72. The molecular formula is C31H42N2O7. The van der Waals surface area contributed by atoms with Gasteiger partial charge in [0.1, 0.15) is 11.5 Å². The van der Waals surface area contributed by atoms with E-state index in [-0.39, 0.29) is 11.3 Å². The minimum absolute atomic E-state index is 0.0118. The zero-order chi connectivity index (χ0) is 29.6. The monoisotopic (exact) mass is 554 g/mol. The number of likely N-dealkylation sites (N-methyl/N-ethyl adjacent to an activating group) is 1. The minimum atomic E-state index is -0.861. The third-order valence-corrected chi connectivity index (χ3v) is 7.13. The highest BCUT2D eigenvalue weighted by Gasteiger charge is 2.46. The van der Waals surface area contributed by atoms with Gasteiger partial charge in [0.05, 0.1) is 39.6 Å². The maximum absolute atomic E-state index is 13.6. The molecule has 0 bridgehead atoms. The predicted octanol–water partition coefficient (Wildman–Crippen LogP) is 4.82. The number of aryl methyl sites for hydroxylation is 1. The fraction of sp³-hybridized carbons (Fsp3) is 0.484. The van der Waals surface area contributed by atoms with E-state index >= 15 is 0 Å². The number of nitrogens with zero attached hydrogens (tertiary/aromatic N) is 2. The van der Waals surface area contributed by atoms with Crippen molar-refractivity contribution in [1.29, 1.82) is 0 Å². The van der Waals surface area contributed by atoms with Crippen molar-refractivity contribution in [3.05, 3.63) is 52.6 Å². The number of aliphatic hydroxyl groups is 1. The predicted molar refractivity (Wildman–Crippen MR) is 154 cm³/mol. The first kappa shape index (κ1) is 30.8. The second kappa shape index (κ2) is 13.6. The molecule has 0 unspecified atom stereocenters. The molecule has 0 aromatic heterocycles. The maximum atomic E-state index is 13.6. The molecule has 1 aliphatic rings. The van der Waals surface area contributed by atoms with Crippen molar-refractivity contribution < 1.29 is 33.6 Å². The van der Waals surface area contributed by atoms with Crippen LogP contribution >= 0.6 is 0 Å². The fourth-order valence-corrected chi connectivity index (χ4v) is 4.91. The van der Waals surface area contributed by atoms with Crippen LogP contribution in [0.1, 0.15) is 50.4 Å². The number of ether oxygens (including phenoxy) is 4. The minimum Gasteiger partial charge on any atom is -0.507 e. The van der Waals surface area contributed by atoms with Crippen LogP contribution in [0, 0.1) is 12.8 Å². The summed E-state index contributed by atoms with van der Waals surface area (Å²) in [6, 6.07) is 7.87. The maximum Gasteiger partial charge on any atom is 0.295 e. The Labute approximate surface area is 237 Å². The Bertz CT molecular complexity index is 1230. The number of amides is 1. The number of aliphatic hydroxyl groups excluding tert-OH is 1. The molecule has 2 aromatic rings. The van der Waals surface area contributed by atoms with Crippen molar-refractivity contribution in [3.8, 4) is 23.0 Å². The smallest absolute Gasteiger partial charge is 0.295 e. The lowest BCUT2D eigenvalue weighted by Crippen LogP contribution is -2.38. The molecule has 1 heterocycles. The third-order valence-electron chi connectivity index (χ3n) is 7.13. The van der Waals surface area contributed by atoms with Gasteiger partial charge in [0.25, 0.3) is 11.7 Å². The normalized spacial score (nSPS) is 16.6. The van der Waals surface area contributed by atoms with E-state index in [0.717, 1.165) is 18.7 Å². The van der Waals surface area contributed by atoms with Gasteiger partial charge in [-0.1, -0.05) is 27.7 Å². The molecule has 40 heavy (non-hydrogen) atoms. The van der Waals surface area contributed by atoms with Crippen LogP contribution in [0.5, 0.6) is 23.0 Å². The number of benzene rings is 2. The molecule has 0 spiro atoms. The summed E-state index contributed by atoms with van der Waals surface area (Å²) in [4.78, 5) is 30.7. The number of carbonyl (C=O) groups is 2. The quantitative estimate of drug-likeness (QED) is 0.214. The highest BCUT2D eigenvalue weighted by atomic mass is 16.5. The van der Waals surface area contributed by atoms with Crippen molar-refractivity contribution in [2.24, 2.45) is 5.92 Å². The van der Waals surface area contributed by atoms with Gasteiger partial charge in [-0.2, -0.15) is 0 Å². The topological polar surface area (TPSA) is 97.8 Å². The summed E-state index contributed by atoms with van der Waals surface area (Å²) >= 11 is 0. The van der Waals surface area contributed by atoms with Gasteiger partial charge in [-0.25, -0.2) is 0 Å². The average Bonchev–Trinajstić information content (AvgIpc) is 3.20. The first-order chi connectivity index (χ1) is 19.1. The van der Waals surface area contributed by atoms with Crippen LogP contribution in [0.3, 0.4) is 0 Å². The molecular weight excluding hydrogens is 512 g/mol. The Morgan fingerprint density at radius 1 is 1.00 bits per heavy atom. The van der Waals surface area contributed by atoms with Gasteiger partial charge in [0, 0.05) is 18.7 Å². The highest BCUT2D eigenvalue weighted by Crippen LogP contribution is 2.46. The Morgan fingerprint density at radius 2 is 1.62 bits per heavy atom. The molecule has 1 N–H and O–H groups in total. The molecule has 0 radical (unpaired) electrons. The fourth-order valence-electron chi connectivity index (χ4n) is 4.91. The standard InChI is InChI=1S/C31H42N2O7/c1-9-32(10-2)13-14-33-27(21-16-24(37-6)30(39-8)25(17-21)38-7)26(29(35)31(33)36)28(34)23-12-11-22(15-20(23)5)40-18-19(3)4/h11-12,15-17,19,27,34H,9-10,13-14,18H2,1-8H3/b28-26+/t27-/m0/s1. The van der Waals surface area contributed by atoms with Gasteiger partial charge in [0.15, 0.2) is 11.5 Å². The van der Waals surface area contributed by atoms with Crippen LogP contribution in [0.15, 0.2) is 35.9 Å². The second-order valence-corrected chi connectivity index (χ2v) is 10.2. The highest BCUT2D eigenvalue weighted by molar-refractivity contribution is 6.46. The van der Waals surface area contributed by atoms with Gasteiger partial charge in [-0.05, 0) is 67.4 Å². The van der Waals surface area contributed by atoms with Crippen molar-refractivity contribution >= 4 is 17.4 Å². The Morgan fingerprint density at radius 3 is 2.12 bits per heavy atom. The molecule has 0 aliphatic carbocycles. The van der Waals surface area contributed by atoms with Gasteiger partial charge in [-0.3, -0.25) is 9.59 Å². The van der Waals surface area contributed by atoms with Gasteiger partial charge in [-0.15, -0.1) is 0 Å². The summed E-state index contributed by atoms with van der Waals surface area (Å²) in [5.74, 6) is 0.542. The van der Waals surface area contributed by atoms with E-state index in [9.17, 15) is 14.7 Å². The second-order valence-electron chi connectivity index (χ2n) is 10.2. The van der Waals surface area contributed by atoms with Crippen LogP contribution in [-0.2, 0) is 9.59 Å². The molecule has 2 aromatic carbocycles. The lowest BCUT2D eigenvalue weighted by Gasteiger charge is -2.29. The van der Waals surface area contributed by atoms with Crippen LogP contribution in [0.25, 0.3) is 5.76 Å². The molecule has 9 nitrogen and oxygen atoms in total. The largest absolute Gasteiger partial charge is 0.507 e. The van der Waals surface area contributed by atoms with Crippen molar-refractivity contribution in [1.82, 2.24) is 9.80 Å². The summed E-state index contributed by atoms with van der Waals surface area (Å²) in [7, 11) is 4.52. The number of hydrogen-bond acceptors (Lipinski definition) is 8. The average molecular weight is 555 g/mol. The number of Topliss-reactive ketones (excluding diaryl/α,β-unsaturated/α-hetero) is 1. The van der Waals surface area contributed by atoms with E-state index in [0.29, 0.717) is 59.7 Å². The number of rotatable bonds is 13. The number of carbonyl (C=O) groups excluding carboxylic acids is 2. The summed E-state index contributed by atoms with van der Waals surface area (Å²) in [6.45, 7) is 13.1. The van der Waals surface area contributed by atoms with E-state index in [1.165, 1.54) is 26.2 Å². The SMILES string of the molecule is CCN(CC)CCN1C(=O)C(=O)/C(=C(/O)c2ccc(OCC(C)C)cc2C)[C@@H]1c1cc(OC)c(OC)c(OC)c1. The molecule has 1 fully saturated rings. The van der Waals surface area contributed by atoms with E-state index in [2.05, 4.69) is 18.7 Å². The summed E-state index contributed by atoms with van der Waals surface area (Å²) in [6.07, 6.45) is 0. The first-order valence-corrected chi connectivity index (χ1v) is 13.7. The number of hydrogen-bond donors (Lipinski definition) is 1. The van der Waals surface area contributed by atoms with Gasteiger partial charge < -0.3 is 33.9 Å². The molecule has 3 rings (SSSR count). The lowest BCUT2D eigenvalue weighted by atomic mass is 9.93. The van der Waals surface area contributed by atoms with Crippen molar-refractivity contribution in [3.63, 3.8) is 0 Å². The summed E-state index contributed by atoms with van der Waals surface area (Å²) in [5.41, 5.74) is 1.75. The lowest BCUT2D eigenvalue weighted by molar-refractivity contribution is -0.140. The molecule has 0 saturated carbocycles. The van der Waals surface area contributed by atoms with Crippen LogP contribution < -0.4 is 18.9 Å². The van der Waals surface area contributed by atoms with E-state index < -0.39 is 17.7 Å². The molecule has 1 aliphatic heterocycles. The van der Waals surface area contributed by atoms with Gasteiger partial charge >= 0.3 is 0 Å². The van der Waals surface area contributed by atoms with E-state index in [1.54, 1.807) is 24.3 Å².